The van der Waals surface area contributed by atoms with Gasteiger partial charge in [0.2, 0.25) is 5.89 Å². The molecule has 0 aliphatic rings. The summed E-state index contributed by atoms with van der Waals surface area (Å²) in [5, 5.41) is 16.7. The number of hydrogen-bond donors (Lipinski definition) is 2. The van der Waals surface area contributed by atoms with Gasteiger partial charge in [-0.15, -0.1) is 0 Å². The zero-order chi connectivity index (χ0) is 23.5. The summed E-state index contributed by atoms with van der Waals surface area (Å²) < 4.78 is 10.8. The maximum Gasteiger partial charge on any atom is 0.311 e. The zero-order valence-electron chi connectivity index (χ0n) is 17.6. The number of hydrogen-bond acceptors (Lipinski definition) is 7. The summed E-state index contributed by atoms with van der Waals surface area (Å²) in [6.45, 7) is 1.98. The van der Waals surface area contributed by atoms with Gasteiger partial charge in [-0.2, -0.15) is 0 Å². The number of ether oxygens (including phenoxy) is 1. The van der Waals surface area contributed by atoms with Gasteiger partial charge in [-0.1, -0.05) is 12.1 Å². The molecule has 10 heteroatoms. The zero-order valence-corrected chi connectivity index (χ0v) is 18.4. The third-order valence-electron chi connectivity index (χ3n) is 4.78. The highest BCUT2D eigenvalue weighted by atomic mass is 32.1. The van der Waals surface area contributed by atoms with Crippen LogP contribution in [-0.2, 0) is 0 Å². The molecule has 1 aromatic heterocycles. The molecule has 0 atom stereocenters. The lowest BCUT2D eigenvalue weighted by Gasteiger charge is -2.10. The second kappa shape index (κ2) is 9.05. The van der Waals surface area contributed by atoms with E-state index in [0.29, 0.717) is 17.2 Å². The highest BCUT2D eigenvalue weighted by Gasteiger charge is 2.19. The predicted octanol–water partition coefficient (Wildman–Crippen LogP) is 4.85. The summed E-state index contributed by atoms with van der Waals surface area (Å²) >= 11 is 5.23. The average Bonchev–Trinajstić information content (AvgIpc) is 3.22. The summed E-state index contributed by atoms with van der Waals surface area (Å²) in [6, 6.07) is 16.9. The summed E-state index contributed by atoms with van der Waals surface area (Å²) in [7, 11) is 1.32. The Balaban J connectivity index is 1.48. The van der Waals surface area contributed by atoms with E-state index in [0.717, 1.165) is 22.7 Å². The van der Waals surface area contributed by atoms with Gasteiger partial charge in [0.1, 0.15) is 5.52 Å². The fraction of sp³-hybridized carbons (Fsp3) is 0.0870. The number of nitrogens with zero attached hydrogens (tertiary/aromatic N) is 2. The SMILES string of the molecule is COc1ccc(C(=O)NC(=S)Nc2cccc(-c3nc4cc(C)ccc4o3)c2)cc1[N+](=O)[O-]. The number of nitrogens with one attached hydrogen (secondary N) is 2. The lowest BCUT2D eigenvalue weighted by Crippen LogP contribution is -2.34. The van der Waals surface area contributed by atoms with Crippen LogP contribution < -0.4 is 15.4 Å². The molecule has 0 aliphatic carbocycles. The number of nitro groups is 1. The van der Waals surface area contributed by atoms with E-state index in [1.807, 2.05) is 31.2 Å². The number of amides is 1. The normalized spacial score (nSPS) is 10.6. The number of methoxy groups -OCH3 is 1. The molecule has 0 unspecified atom stereocenters. The quantitative estimate of drug-likeness (QED) is 0.245. The smallest absolute Gasteiger partial charge is 0.311 e. The van der Waals surface area contributed by atoms with Crippen molar-refractivity contribution in [1.82, 2.24) is 10.3 Å². The Morgan fingerprint density at radius 3 is 2.73 bits per heavy atom. The third-order valence-corrected chi connectivity index (χ3v) is 4.98. The average molecular weight is 462 g/mol. The van der Waals surface area contributed by atoms with Gasteiger partial charge in [-0.25, -0.2) is 4.98 Å². The number of aryl methyl sites for hydroxylation is 1. The molecule has 9 nitrogen and oxygen atoms in total. The molecule has 0 aliphatic heterocycles. The minimum Gasteiger partial charge on any atom is -0.490 e. The lowest BCUT2D eigenvalue weighted by atomic mass is 10.1. The van der Waals surface area contributed by atoms with Crippen molar-refractivity contribution in [3.05, 3.63) is 81.9 Å². The first-order valence-electron chi connectivity index (χ1n) is 9.76. The molecular formula is C23H18N4O5S. The fourth-order valence-corrected chi connectivity index (χ4v) is 3.41. The molecule has 4 rings (SSSR count). The van der Waals surface area contributed by atoms with E-state index >= 15 is 0 Å². The van der Waals surface area contributed by atoms with E-state index < -0.39 is 10.8 Å². The molecule has 0 radical (unpaired) electrons. The van der Waals surface area contributed by atoms with Crippen molar-refractivity contribution in [3.63, 3.8) is 0 Å². The lowest BCUT2D eigenvalue weighted by molar-refractivity contribution is -0.385. The molecule has 0 bridgehead atoms. The van der Waals surface area contributed by atoms with Gasteiger partial charge in [-0.05, 0) is 67.2 Å². The van der Waals surface area contributed by atoms with Gasteiger partial charge in [0.15, 0.2) is 16.4 Å². The topological polar surface area (TPSA) is 120 Å². The summed E-state index contributed by atoms with van der Waals surface area (Å²) in [4.78, 5) is 27.6. The molecule has 4 aromatic rings. The van der Waals surface area contributed by atoms with E-state index in [-0.39, 0.29) is 22.1 Å². The van der Waals surface area contributed by atoms with Gasteiger partial charge in [0, 0.05) is 22.9 Å². The largest absolute Gasteiger partial charge is 0.490 e. The molecule has 1 heterocycles. The number of nitro benzene ring substituents is 1. The number of thiocarbonyl (C=S) groups is 1. The van der Waals surface area contributed by atoms with E-state index in [1.165, 1.54) is 19.2 Å². The van der Waals surface area contributed by atoms with Crippen LogP contribution in [0.25, 0.3) is 22.6 Å². The van der Waals surface area contributed by atoms with Crippen molar-refractivity contribution in [2.45, 2.75) is 6.92 Å². The van der Waals surface area contributed by atoms with E-state index in [4.69, 9.17) is 21.4 Å². The molecule has 0 saturated heterocycles. The maximum atomic E-state index is 12.5. The maximum absolute atomic E-state index is 12.5. The Morgan fingerprint density at radius 1 is 1.15 bits per heavy atom. The second-order valence-electron chi connectivity index (χ2n) is 7.12. The number of benzene rings is 3. The summed E-state index contributed by atoms with van der Waals surface area (Å²) in [5.74, 6) is -0.0769. The van der Waals surface area contributed by atoms with Crippen LogP contribution in [-0.4, -0.2) is 28.0 Å². The standard InChI is InChI=1S/C23H18N4O5S/c1-13-6-8-19-17(10-13)25-22(32-19)15-4-3-5-16(11-15)24-23(33)26-21(28)14-7-9-20(31-2)18(12-14)27(29)30/h3-12H,1-2H3,(H2,24,26,28,33). The number of fused-ring (bicyclic) bond motifs is 1. The predicted molar refractivity (Wildman–Crippen MR) is 128 cm³/mol. The van der Waals surface area contributed by atoms with Crippen LogP contribution in [0.3, 0.4) is 0 Å². The molecule has 0 saturated carbocycles. The van der Waals surface area contributed by atoms with Crippen LogP contribution >= 0.6 is 12.2 Å². The van der Waals surface area contributed by atoms with Crippen molar-refractivity contribution in [1.29, 1.82) is 0 Å². The first-order valence-corrected chi connectivity index (χ1v) is 10.2. The van der Waals surface area contributed by atoms with Gasteiger partial charge in [-0.3, -0.25) is 20.2 Å². The van der Waals surface area contributed by atoms with Gasteiger partial charge in [0.05, 0.1) is 12.0 Å². The Morgan fingerprint density at radius 2 is 1.97 bits per heavy atom. The molecule has 33 heavy (non-hydrogen) atoms. The van der Waals surface area contributed by atoms with E-state index in [1.54, 1.807) is 18.2 Å². The highest BCUT2D eigenvalue weighted by Crippen LogP contribution is 2.28. The number of oxazole rings is 1. The first-order chi connectivity index (χ1) is 15.8. The number of carbonyl (C=O) groups is 1. The molecule has 2 N–H and O–H groups in total. The van der Waals surface area contributed by atoms with Crippen molar-refractivity contribution in [2.75, 3.05) is 12.4 Å². The molecule has 3 aromatic carbocycles. The molecule has 0 fully saturated rings. The van der Waals surface area contributed by atoms with Crippen molar-refractivity contribution < 1.29 is 18.9 Å². The first kappa shape index (κ1) is 21.9. The van der Waals surface area contributed by atoms with Crippen LogP contribution in [0.5, 0.6) is 5.75 Å². The minimum atomic E-state index is -0.620. The van der Waals surface area contributed by atoms with Gasteiger partial charge in [0.25, 0.3) is 5.91 Å². The molecule has 166 valence electrons. The summed E-state index contributed by atoms with van der Waals surface area (Å²) in [6.07, 6.45) is 0. The van der Waals surface area contributed by atoms with Crippen LogP contribution in [0, 0.1) is 17.0 Å². The summed E-state index contributed by atoms with van der Waals surface area (Å²) in [5.41, 5.74) is 3.63. The molecule has 0 spiro atoms. The third kappa shape index (κ3) is 4.80. The monoisotopic (exact) mass is 462 g/mol. The van der Waals surface area contributed by atoms with Crippen LogP contribution in [0.1, 0.15) is 15.9 Å². The Bertz CT molecular complexity index is 1400. The Kier molecular flexibility index (Phi) is 6.01. The number of carbonyl (C=O) groups excluding carboxylic acids is 1. The van der Waals surface area contributed by atoms with E-state index in [9.17, 15) is 14.9 Å². The van der Waals surface area contributed by atoms with Crippen molar-refractivity contribution in [3.8, 4) is 17.2 Å². The Labute approximate surface area is 193 Å². The molecule has 1 amide bonds. The van der Waals surface area contributed by atoms with Crippen LogP contribution in [0.4, 0.5) is 11.4 Å². The minimum absolute atomic E-state index is 0.0313. The highest BCUT2D eigenvalue weighted by molar-refractivity contribution is 7.80. The van der Waals surface area contributed by atoms with Crippen molar-refractivity contribution in [2.24, 2.45) is 0 Å². The van der Waals surface area contributed by atoms with Gasteiger partial charge >= 0.3 is 5.69 Å². The van der Waals surface area contributed by atoms with E-state index in [2.05, 4.69) is 15.6 Å². The van der Waals surface area contributed by atoms with Crippen LogP contribution in [0.2, 0.25) is 0 Å². The van der Waals surface area contributed by atoms with Gasteiger partial charge < -0.3 is 14.5 Å². The second-order valence-corrected chi connectivity index (χ2v) is 7.53. The number of aromatic nitrogens is 1. The van der Waals surface area contributed by atoms with Crippen LogP contribution in [0.15, 0.2) is 65.1 Å². The number of rotatable bonds is 5. The Hall–Kier alpha value is -4.31. The van der Waals surface area contributed by atoms with Crippen molar-refractivity contribution >= 4 is 45.7 Å². The fourth-order valence-electron chi connectivity index (χ4n) is 3.20. The number of anilines is 1. The molecular weight excluding hydrogens is 444 g/mol.